The van der Waals surface area contributed by atoms with E-state index >= 15 is 0 Å². The molecule has 0 saturated carbocycles. The number of likely N-dealkylation sites (N-methyl/N-ethyl adjacent to an activating group) is 1. The summed E-state index contributed by atoms with van der Waals surface area (Å²) in [6, 6.07) is 5.84. The maximum Gasteiger partial charge on any atom is 0.268 e. The number of carbonyl (C=O) groups excluding carboxylic acids is 1. The number of rotatable bonds is 8. The number of anilines is 3. The van der Waals surface area contributed by atoms with Gasteiger partial charge in [0.2, 0.25) is 0 Å². The first kappa shape index (κ1) is 22.2. The van der Waals surface area contributed by atoms with Crippen LogP contribution >= 0.6 is 0 Å². The van der Waals surface area contributed by atoms with Crippen molar-refractivity contribution in [3.63, 3.8) is 0 Å². The minimum Gasteiger partial charge on any atom is -0.397 e. The quantitative estimate of drug-likeness (QED) is 0.267. The van der Waals surface area contributed by atoms with E-state index in [1.807, 2.05) is 18.2 Å². The third-order valence-electron chi connectivity index (χ3n) is 5.57. The van der Waals surface area contributed by atoms with Crippen LogP contribution in [0.25, 0.3) is 0 Å². The van der Waals surface area contributed by atoms with Crippen molar-refractivity contribution in [2.24, 2.45) is 5.73 Å². The molecule has 0 aromatic heterocycles. The van der Waals surface area contributed by atoms with E-state index in [-0.39, 0.29) is 11.6 Å². The maximum atomic E-state index is 12.2. The molecule has 2 fully saturated rings. The van der Waals surface area contributed by atoms with Crippen LogP contribution in [0.5, 0.6) is 0 Å². The fourth-order valence-corrected chi connectivity index (χ4v) is 3.64. The Morgan fingerprint density at radius 1 is 1.17 bits per heavy atom. The highest BCUT2D eigenvalue weighted by molar-refractivity contribution is 5.92. The normalized spacial score (nSPS) is 19.0. The Bertz CT molecular complexity index is 726. The topological polar surface area (TPSA) is 112 Å². The number of nitrogens with two attached hydrogens (primary N) is 2. The number of hydrogen-bond donors (Lipinski definition) is 4. The monoisotopic (exact) mass is 417 g/mol. The van der Waals surface area contributed by atoms with Crippen molar-refractivity contribution in [1.29, 1.82) is 0 Å². The van der Waals surface area contributed by atoms with Gasteiger partial charge in [0.05, 0.1) is 24.6 Å². The first-order chi connectivity index (χ1) is 14.5. The van der Waals surface area contributed by atoms with E-state index in [4.69, 9.17) is 16.2 Å². The molecular formula is C21H35N7O2. The van der Waals surface area contributed by atoms with Crippen molar-refractivity contribution in [3.8, 4) is 0 Å². The highest BCUT2D eigenvalue weighted by Crippen LogP contribution is 2.27. The van der Waals surface area contributed by atoms with Crippen LogP contribution in [-0.2, 0) is 9.53 Å². The number of morpholine rings is 1. The molecule has 6 N–H and O–H groups in total. The third kappa shape index (κ3) is 6.51. The summed E-state index contributed by atoms with van der Waals surface area (Å²) in [4.78, 5) is 19.1. The Balaban J connectivity index is 1.42. The Kier molecular flexibility index (Phi) is 8.18. The van der Waals surface area contributed by atoms with Crippen LogP contribution in [0.3, 0.4) is 0 Å². The fraction of sp³-hybridized carbons (Fsp3) is 0.571. The zero-order valence-electron chi connectivity index (χ0n) is 17.9. The van der Waals surface area contributed by atoms with Gasteiger partial charge in [0.1, 0.15) is 5.70 Å². The van der Waals surface area contributed by atoms with Crippen LogP contribution in [0.1, 0.15) is 6.42 Å². The Morgan fingerprint density at radius 3 is 2.60 bits per heavy atom. The molecule has 2 saturated heterocycles. The molecule has 1 aromatic carbocycles. The second-order valence-electron chi connectivity index (χ2n) is 7.87. The molecule has 3 rings (SSSR count). The van der Waals surface area contributed by atoms with Gasteiger partial charge in [-0.2, -0.15) is 0 Å². The highest BCUT2D eigenvalue weighted by atomic mass is 16.5. The Labute approximate surface area is 179 Å². The van der Waals surface area contributed by atoms with Gasteiger partial charge in [-0.3, -0.25) is 9.69 Å². The van der Waals surface area contributed by atoms with E-state index in [1.165, 1.54) is 6.20 Å². The second-order valence-corrected chi connectivity index (χ2v) is 7.87. The number of carbonyl (C=O) groups is 1. The number of nitrogens with zero attached hydrogens (tertiary/aromatic N) is 3. The first-order valence-corrected chi connectivity index (χ1v) is 10.7. The van der Waals surface area contributed by atoms with Gasteiger partial charge >= 0.3 is 0 Å². The van der Waals surface area contributed by atoms with Crippen LogP contribution < -0.4 is 27.0 Å². The second kappa shape index (κ2) is 11.1. The predicted octanol–water partition coefficient (Wildman–Crippen LogP) is 0.0711. The number of hydrogen-bond acceptors (Lipinski definition) is 8. The first-order valence-electron chi connectivity index (χ1n) is 10.7. The van der Waals surface area contributed by atoms with Gasteiger partial charge in [0.25, 0.3) is 5.91 Å². The molecule has 0 spiro atoms. The number of nitrogen functional groups attached to an aromatic ring is 1. The summed E-state index contributed by atoms with van der Waals surface area (Å²) in [5.41, 5.74) is 14.9. The van der Waals surface area contributed by atoms with Gasteiger partial charge in [0, 0.05) is 57.7 Å². The molecular weight excluding hydrogens is 382 g/mol. The zero-order chi connectivity index (χ0) is 21.3. The standard InChI is InChI=1S/C21H35N7O2/c1-26-7-9-28(10-8-26)20-4-3-17(15-18(20)22)25-16-19(23)21(29)24-5-2-6-27-11-13-30-14-12-27/h3-4,15-16,25H,2,5-14,22-23H2,1H3,(H,24,29)/b19-16-. The van der Waals surface area contributed by atoms with Crippen LogP contribution in [0.15, 0.2) is 30.1 Å². The van der Waals surface area contributed by atoms with E-state index in [0.717, 1.165) is 76.8 Å². The SMILES string of the molecule is CN1CCN(c2ccc(N/C=C(\N)C(=O)NCCCN3CCOCC3)cc2N)CC1. The molecule has 2 aliphatic heterocycles. The van der Waals surface area contributed by atoms with Gasteiger partial charge < -0.3 is 36.6 Å². The van der Waals surface area contributed by atoms with E-state index in [2.05, 4.69) is 32.4 Å². The van der Waals surface area contributed by atoms with Crippen molar-refractivity contribution < 1.29 is 9.53 Å². The lowest BCUT2D eigenvalue weighted by molar-refractivity contribution is -0.117. The molecule has 30 heavy (non-hydrogen) atoms. The smallest absolute Gasteiger partial charge is 0.268 e. The summed E-state index contributed by atoms with van der Waals surface area (Å²) in [6.07, 6.45) is 2.40. The van der Waals surface area contributed by atoms with Gasteiger partial charge in [-0.05, 0) is 38.2 Å². The van der Waals surface area contributed by atoms with E-state index in [0.29, 0.717) is 12.2 Å². The van der Waals surface area contributed by atoms with Gasteiger partial charge in [-0.1, -0.05) is 0 Å². The Morgan fingerprint density at radius 2 is 1.90 bits per heavy atom. The third-order valence-corrected chi connectivity index (χ3v) is 5.57. The van der Waals surface area contributed by atoms with Crippen LogP contribution in [0, 0.1) is 0 Å². The number of amides is 1. The number of nitrogens with one attached hydrogen (secondary N) is 2. The van der Waals surface area contributed by atoms with E-state index < -0.39 is 0 Å². The van der Waals surface area contributed by atoms with Crippen molar-refractivity contribution in [1.82, 2.24) is 15.1 Å². The molecule has 0 atom stereocenters. The molecule has 166 valence electrons. The number of benzene rings is 1. The maximum absolute atomic E-state index is 12.2. The zero-order valence-corrected chi connectivity index (χ0v) is 17.9. The molecule has 9 nitrogen and oxygen atoms in total. The molecule has 0 aliphatic carbocycles. The minimum atomic E-state index is -0.272. The molecule has 1 aromatic rings. The number of piperazine rings is 1. The average Bonchev–Trinajstić information content (AvgIpc) is 2.76. The van der Waals surface area contributed by atoms with E-state index in [1.54, 1.807) is 0 Å². The molecule has 0 unspecified atom stereocenters. The minimum absolute atomic E-state index is 0.142. The molecule has 9 heteroatoms. The van der Waals surface area contributed by atoms with Gasteiger partial charge in [-0.25, -0.2) is 0 Å². The molecule has 1 amide bonds. The van der Waals surface area contributed by atoms with Crippen molar-refractivity contribution in [3.05, 3.63) is 30.1 Å². The van der Waals surface area contributed by atoms with E-state index in [9.17, 15) is 4.79 Å². The Hall–Kier alpha value is -2.49. The molecule has 0 radical (unpaired) electrons. The fourth-order valence-electron chi connectivity index (χ4n) is 3.64. The van der Waals surface area contributed by atoms with Crippen LogP contribution in [0.4, 0.5) is 17.1 Å². The van der Waals surface area contributed by atoms with Crippen molar-refractivity contribution in [2.75, 3.05) is 88.6 Å². The molecule has 2 aliphatic rings. The summed E-state index contributed by atoms with van der Waals surface area (Å²) >= 11 is 0. The highest BCUT2D eigenvalue weighted by Gasteiger charge is 2.16. The lowest BCUT2D eigenvalue weighted by Crippen LogP contribution is -2.44. The molecule has 2 heterocycles. The predicted molar refractivity (Wildman–Crippen MR) is 121 cm³/mol. The van der Waals surface area contributed by atoms with Crippen LogP contribution in [0.2, 0.25) is 0 Å². The lowest BCUT2D eigenvalue weighted by atomic mass is 10.2. The van der Waals surface area contributed by atoms with Gasteiger partial charge in [0.15, 0.2) is 0 Å². The average molecular weight is 418 g/mol. The van der Waals surface area contributed by atoms with Crippen molar-refractivity contribution in [2.45, 2.75) is 6.42 Å². The summed E-state index contributed by atoms with van der Waals surface area (Å²) in [6.45, 7) is 9.01. The summed E-state index contributed by atoms with van der Waals surface area (Å²) in [5.74, 6) is -0.272. The van der Waals surface area contributed by atoms with Crippen molar-refractivity contribution >= 4 is 23.0 Å². The molecule has 0 bridgehead atoms. The van der Waals surface area contributed by atoms with Crippen LogP contribution in [-0.4, -0.2) is 88.3 Å². The van der Waals surface area contributed by atoms with Gasteiger partial charge in [-0.15, -0.1) is 0 Å². The largest absolute Gasteiger partial charge is 0.397 e. The summed E-state index contributed by atoms with van der Waals surface area (Å²) < 4.78 is 5.33. The summed E-state index contributed by atoms with van der Waals surface area (Å²) in [7, 11) is 2.13. The summed E-state index contributed by atoms with van der Waals surface area (Å²) in [5, 5.41) is 5.93. The number of ether oxygens (including phenoxy) is 1. The lowest BCUT2D eigenvalue weighted by Gasteiger charge is -2.34.